The van der Waals surface area contributed by atoms with E-state index in [1.807, 2.05) is 31.2 Å². The van der Waals surface area contributed by atoms with Gasteiger partial charge in [0.05, 0.1) is 13.7 Å². The highest BCUT2D eigenvalue weighted by Gasteiger charge is 2.07. The molecule has 0 saturated carbocycles. The summed E-state index contributed by atoms with van der Waals surface area (Å²) in [6.07, 6.45) is -0.0194. The zero-order valence-corrected chi connectivity index (χ0v) is 17.5. The van der Waals surface area contributed by atoms with Crippen LogP contribution in [0.2, 0.25) is 0 Å². The maximum atomic E-state index is 5.94. The zero-order valence-electron chi connectivity index (χ0n) is 17.5. The van der Waals surface area contributed by atoms with Crippen molar-refractivity contribution in [3.8, 4) is 11.5 Å². The molecule has 0 aliphatic carbocycles. The Labute approximate surface area is 168 Å². The van der Waals surface area contributed by atoms with Crippen LogP contribution in [0.15, 0.2) is 53.5 Å². The molecule has 1 atom stereocenters. The highest BCUT2D eigenvalue weighted by atomic mass is 16.5. The second kappa shape index (κ2) is 11.2. The summed E-state index contributed by atoms with van der Waals surface area (Å²) < 4.78 is 11.2. The van der Waals surface area contributed by atoms with E-state index in [-0.39, 0.29) is 6.10 Å². The fourth-order valence-electron chi connectivity index (χ4n) is 2.80. The van der Waals surface area contributed by atoms with Crippen molar-refractivity contribution in [1.29, 1.82) is 0 Å². The standard InChI is InChI=1S/C22H32N4O2/c1-17(28-21-11-7-10-20(13-21)27-5)14-24-22(23-2)25-15-18-8-6-9-19(12-18)16-26(3)4/h6-13,17H,14-16H2,1-5H3,(H2,23,24,25). The normalized spacial score (nSPS) is 12.6. The van der Waals surface area contributed by atoms with Crippen molar-refractivity contribution < 1.29 is 9.47 Å². The lowest BCUT2D eigenvalue weighted by Gasteiger charge is -2.18. The van der Waals surface area contributed by atoms with E-state index in [9.17, 15) is 0 Å². The minimum absolute atomic E-state index is 0.0194. The topological polar surface area (TPSA) is 58.1 Å². The fraction of sp³-hybridized carbons (Fsp3) is 0.409. The fourth-order valence-corrected chi connectivity index (χ4v) is 2.80. The van der Waals surface area contributed by atoms with E-state index in [1.54, 1.807) is 14.2 Å². The van der Waals surface area contributed by atoms with E-state index in [2.05, 4.69) is 58.9 Å². The number of aliphatic imine (C=N–C) groups is 1. The summed E-state index contributed by atoms with van der Waals surface area (Å²) in [5.74, 6) is 2.32. The Bertz CT molecular complexity index is 762. The van der Waals surface area contributed by atoms with Crippen LogP contribution in [0, 0.1) is 0 Å². The molecule has 152 valence electrons. The molecule has 6 nitrogen and oxygen atoms in total. The molecule has 2 aromatic carbocycles. The molecular formula is C22H32N4O2. The molecule has 0 radical (unpaired) electrons. The molecule has 0 aliphatic heterocycles. The predicted molar refractivity (Wildman–Crippen MR) is 115 cm³/mol. The highest BCUT2D eigenvalue weighted by Crippen LogP contribution is 2.19. The Morgan fingerprint density at radius 3 is 2.46 bits per heavy atom. The van der Waals surface area contributed by atoms with Crippen LogP contribution in [0.25, 0.3) is 0 Å². The molecule has 2 N–H and O–H groups in total. The minimum atomic E-state index is -0.0194. The van der Waals surface area contributed by atoms with Gasteiger partial charge in [0.25, 0.3) is 0 Å². The molecular weight excluding hydrogens is 352 g/mol. The molecule has 0 bridgehead atoms. The average molecular weight is 385 g/mol. The number of rotatable bonds is 9. The number of nitrogens with zero attached hydrogens (tertiary/aromatic N) is 2. The monoisotopic (exact) mass is 384 g/mol. The van der Waals surface area contributed by atoms with E-state index >= 15 is 0 Å². The molecule has 0 saturated heterocycles. The quantitative estimate of drug-likeness (QED) is 0.514. The number of benzene rings is 2. The van der Waals surface area contributed by atoms with Crippen molar-refractivity contribution in [2.45, 2.75) is 26.1 Å². The predicted octanol–water partition coefficient (Wildman–Crippen LogP) is 2.89. The van der Waals surface area contributed by atoms with E-state index in [0.717, 1.165) is 24.0 Å². The number of hydrogen-bond acceptors (Lipinski definition) is 4. The Kier molecular flexibility index (Phi) is 8.62. The first-order valence-corrected chi connectivity index (χ1v) is 9.48. The molecule has 28 heavy (non-hydrogen) atoms. The van der Waals surface area contributed by atoms with Crippen LogP contribution in [-0.4, -0.2) is 51.8 Å². The van der Waals surface area contributed by atoms with Gasteiger partial charge in [-0.05, 0) is 44.3 Å². The SMILES string of the molecule is CN=C(NCc1cccc(CN(C)C)c1)NCC(C)Oc1cccc(OC)c1. The number of ether oxygens (including phenoxy) is 2. The van der Waals surface area contributed by atoms with Gasteiger partial charge in [-0.25, -0.2) is 0 Å². The van der Waals surface area contributed by atoms with Gasteiger partial charge in [0, 0.05) is 26.2 Å². The van der Waals surface area contributed by atoms with Gasteiger partial charge in [-0.15, -0.1) is 0 Å². The van der Waals surface area contributed by atoms with Crippen molar-refractivity contribution in [3.63, 3.8) is 0 Å². The van der Waals surface area contributed by atoms with Crippen LogP contribution >= 0.6 is 0 Å². The van der Waals surface area contributed by atoms with Gasteiger partial charge in [-0.2, -0.15) is 0 Å². The molecule has 2 aromatic rings. The molecule has 0 spiro atoms. The van der Waals surface area contributed by atoms with Crippen LogP contribution < -0.4 is 20.1 Å². The Hall–Kier alpha value is -2.73. The second-order valence-corrected chi connectivity index (χ2v) is 6.97. The van der Waals surface area contributed by atoms with Gasteiger partial charge in [0.1, 0.15) is 17.6 Å². The van der Waals surface area contributed by atoms with Gasteiger partial charge in [0.15, 0.2) is 5.96 Å². The van der Waals surface area contributed by atoms with Gasteiger partial charge in [-0.3, -0.25) is 4.99 Å². The van der Waals surface area contributed by atoms with E-state index in [1.165, 1.54) is 11.1 Å². The van der Waals surface area contributed by atoms with Crippen molar-refractivity contribution in [3.05, 3.63) is 59.7 Å². The molecule has 0 heterocycles. The first-order chi connectivity index (χ1) is 13.5. The number of hydrogen-bond donors (Lipinski definition) is 2. The van der Waals surface area contributed by atoms with Crippen molar-refractivity contribution in [2.24, 2.45) is 4.99 Å². The average Bonchev–Trinajstić information content (AvgIpc) is 2.68. The zero-order chi connectivity index (χ0) is 20.4. The van der Waals surface area contributed by atoms with Crippen molar-refractivity contribution >= 4 is 5.96 Å². The summed E-state index contributed by atoms with van der Waals surface area (Å²) >= 11 is 0. The van der Waals surface area contributed by atoms with Gasteiger partial charge in [-0.1, -0.05) is 30.3 Å². The Morgan fingerprint density at radius 1 is 1.04 bits per heavy atom. The molecule has 0 fully saturated rings. The van der Waals surface area contributed by atoms with E-state index in [0.29, 0.717) is 13.1 Å². The van der Waals surface area contributed by atoms with Crippen LogP contribution in [-0.2, 0) is 13.1 Å². The third kappa shape index (κ3) is 7.48. The molecule has 6 heteroatoms. The highest BCUT2D eigenvalue weighted by molar-refractivity contribution is 5.79. The maximum Gasteiger partial charge on any atom is 0.191 e. The summed E-state index contributed by atoms with van der Waals surface area (Å²) in [4.78, 5) is 6.45. The third-order valence-electron chi connectivity index (χ3n) is 4.11. The molecule has 0 aromatic heterocycles. The lowest BCUT2D eigenvalue weighted by Crippen LogP contribution is -2.41. The Balaban J connectivity index is 1.80. The van der Waals surface area contributed by atoms with Gasteiger partial charge < -0.3 is 25.0 Å². The molecule has 2 rings (SSSR count). The first-order valence-electron chi connectivity index (χ1n) is 9.48. The summed E-state index contributed by atoms with van der Waals surface area (Å²) in [5, 5.41) is 6.66. The Morgan fingerprint density at radius 2 is 1.75 bits per heavy atom. The van der Waals surface area contributed by atoms with E-state index < -0.39 is 0 Å². The smallest absolute Gasteiger partial charge is 0.191 e. The summed E-state index contributed by atoms with van der Waals surface area (Å²) in [6.45, 7) is 4.30. The summed E-state index contributed by atoms with van der Waals surface area (Å²) in [6, 6.07) is 16.2. The first kappa shape index (κ1) is 21.6. The summed E-state index contributed by atoms with van der Waals surface area (Å²) in [7, 11) is 7.57. The molecule has 0 aliphatic rings. The largest absolute Gasteiger partial charge is 0.497 e. The minimum Gasteiger partial charge on any atom is -0.497 e. The lowest BCUT2D eigenvalue weighted by molar-refractivity contribution is 0.223. The van der Waals surface area contributed by atoms with Crippen molar-refractivity contribution in [1.82, 2.24) is 15.5 Å². The number of guanidine groups is 1. The van der Waals surface area contributed by atoms with Crippen LogP contribution in [0.4, 0.5) is 0 Å². The third-order valence-corrected chi connectivity index (χ3v) is 4.11. The van der Waals surface area contributed by atoms with Crippen LogP contribution in [0.5, 0.6) is 11.5 Å². The number of methoxy groups -OCH3 is 1. The lowest BCUT2D eigenvalue weighted by atomic mass is 10.1. The summed E-state index contributed by atoms with van der Waals surface area (Å²) in [5.41, 5.74) is 2.52. The van der Waals surface area contributed by atoms with Gasteiger partial charge >= 0.3 is 0 Å². The maximum absolute atomic E-state index is 5.94. The van der Waals surface area contributed by atoms with Crippen LogP contribution in [0.3, 0.4) is 0 Å². The van der Waals surface area contributed by atoms with Gasteiger partial charge in [0.2, 0.25) is 0 Å². The van der Waals surface area contributed by atoms with Crippen LogP contribution in [0.1, 0.15) is 18.1 Å². The molecule has 1 unspecified atom stereocenters. The second-order valence-electron chi connectivity index (χ2n) is 6.97. The number of nitrogens with one attached hydrogen (secondary N) is 2. The van der Waals surface area contributed by atoms with E-state index in [4.69, 9.17) is 9.47 Å². The molecule has 0 amide bonds. The van der Waals surface area contributed by atoms with Crippen molar-refractivity contribution in [2.75, 3.05) is 34.8 Å².